The highest BCUT2D eigenvalue weighted by molar-refractivity contribution is 7.07. The summed E-state index contributed by atoms with van der Waals surface area (Å²) in [5.41, 5.74) is 1.66. The zero-order valence-corrected chi connectivity index (χ0v) is 12.6. The number of hydrogen-bond acceptors (Lipinski definition) is 3. The first-order valence-corrected chi connectivity index (χ1v) is 7.76. The molecule has 22 heavy (non-hydrogen) atoms. The van der Waals surface area contributed by atoms with Crippen LogP contribution in [0.4, 0.5) is 4.39 Å². The Morgan fingerprint density at radius 1 is 1.23 bits per heavy atom. The standard InChI is InChI=1S/C16H16FNO3S/c17-13-4-2-12(3-5-13)14(9-16(20)21)18-15(19)6-1-11-7-8-22-10-11/h2-5,7-8,10,14H,1,6,9H2,(H,18,19)(H,20,21). The van der Waals surface area contributed by atoms with Crippen LogP contribution >= 0.6 is 11.3 Å². The first kappa shape index (κ1) is 16.2. The van der Waals surface area contributed by atoms with E-state index in [1.165, 1.54) is 24.3 Å². The molecule has 0 saturated heterocycles. The summed E-state index contributed by atoms with van der Waals surface area (Å²) >= 11 is 1.57. The third-order valence-electron chi connectivity index (χ3n) is 3.21. The molecule has 0 spiro atoms. The van der Waals surface area contributed by atoms with Crippen LogP contribution in [-0.2, 0) is 16.0 Å². The first-order valence-electron chi connectivity index (χ1n) is 6.82. The number of halogens is 1. The van der Waals surface area contributed by atoms with Crippen LogP contribution < -0.4 is 5.32 Å². The Labute approximate surface area is 131 Å². The van der Waals surface area contributed by atoms with Gasteiger partial charge in [-0.2, -0.15) is 11.3 Å². The summed E-state index contributed by atoms with van der Waals surface area (Å²) in [5.74, 6) is -1.64. The number of nitrogens with one attached hydrogen (secondary N) is 1. The van der Waals surface area contributed by atoms with Gasteiger partial charge in [-0.25, -0.2) is 4.39 Å². The van der Waals surface area contributed by atoms with E-state index in [0.717, 1.165) is 5.56 Å². The van der Waals surface area contributed by atoms with Crippen LogP contribution in [0.25, 0.3) is 0 Å². The van der Waals surface area contributed by atoms with E-state index < -0.39 is 17.8 Å². The highest BCUT2D eigenvalue weighted by atomic mass is 32.1. The molecule has 0 aliphatic carbocycles. The second kappa shape index (κ2) is 7.70. The fourth-order valence-electron chi connectivity index (χ4n) is 2.08. The molecular formula is C16H16FNO3S. The maximum Gasteiger partial charge on any atom is 0.305 e. The Morgan fingerprint density at radius 2 is 1.95 bits per heavy atom. The summed E-state index contributed by atoms with van der Waals surface area (Å²) in [7, 11) is 0. The van der Waals surface area contributed by atoms with Gasteiger partial charge in [-0.15, -0.1) is 0 Å². The van der Waals surface area contributed by atoms with Crippen LogP contribution in [0.1, 0.15) is 30.0 Å². The summed E-state index contributed by atoms with van der Waals surface area (Å²) in [4.78, 5) is 22.9. The zero-order valence-electron chi connectivity index (χ0n) is 11.8. The number of aryl methyl sites for hydroxylation is 1. The van der Waals surface area contributed by atoms with Gasteiger partial charge >= 0.3 is 5.97 Å². The van der Waals surface area contributed by atoms with Crippen molar-refractivity contribution in [2.45, 2.75) is 25.3 Å². The second-order valence-corrected chi connectivity index (χ2v) is 5.68. The van der Waals surface area contributed by atoms with E-state index in [-0.39, 0.29) is 18.7 Å². The molecule has 0 aliphatic rings. The Bertz CT molecular complexity index is 625. The van der Waals surface area contributed by atoms with E-state index in [1.807, 2.05) is 16.8 Å². The molecule has 1 heterocycles. The van der Waals surface area contributed by atoms with Crippen LogP contribution in [-0.4, -0.2) is 17.0 Å². The van der Waals surface area contributed by atoms with E-state index in [0.29, 0.717) is 12.0 Å². The molecule has 2 rings (SSSR count). The van der Waals surface area contributed by atoms with Crippen LogP contribution in [0.15, 0.2) is 41.1 Å². The minimum Gasteiger partial charge on any atom is -0.481 e. The third-order valence-corrected chi connectivity index (χ3v) is 3.94. The summed E-state index contributed by atoms with van der Waals surface area (Å²) in [6.07, 6.45) is 0.655. The predicted molar refractivity (Wildman–Crippen MR) is 82.2 cm³/mol. The van der Waals surface area contributed by atoms with Gasteiger partial charge in [-0.3, -0.25) is 9.59 Å². The molecule has 1 amide bonds. The number of carboxylic acids is 1. The zero-order chi connectivity index (χ0) is 15.9. The van der Waals surface area contributed by atoms with Crippen molar-refractivity contribution in [3.05, 3.63) is 58.0 Å². The van der Waals surface area contributed by atoms with Crippen molar-refractivity contribution in [3.8, 4) is 0 Å². The first-order chi connectivity index (χ1) is 10.5. The Balaban J connectivity index is 1.98. The number of hydrogen-bond donors (Lipinski definition) is 2. The molecule has 0 saturated carbocycles. The average molecular weight is 321 g/mol. The van der Waals surface area contributed by atoms with Gasteiger partial charge in [0.05, 0.1) is 12.5 Å². The summed E-state index contributed by atoms with van der Waals surface area (Å²) < 4.78 is 13.0. The number of thiophene rings is 1. The number of amides is 1. The highest BCUT2D eigenvalue weighted by Crippen LogP contribution is 2.18. The molecule has 1 unspecified atom stereocenters. The van der Waals surface area contributed by atoms with Crippen LogP contribution in [0.2, 0.25) is 0 Å². The van der Waals surface area contributed by atoms with E-state index in [2.05, 4.69) is 5.32 Å². The fourth-order valence-corrected chi connectivity index (χ4v) is 2.78. The number of aliphatic carboxylic acids is 1. The summed E-state index contributed by atoms with van der Waals surface area (Å²) in [5, 5.41) is 15.6. The largest absolute Gasteiger partial charge is 0.481 e. The van der Waals surface area contributed by atoms with Gasteiger partial charge < -0.3 is 10.4 Å². The molecule has 4 nitrogen and oxygen atoms in total. The topological polar surface area (TPSA) is 66.4 Å². The lowest BCUT2D eigenvalue weighted by Crippen LogP contribution is -2.30. The molecule has 0 bridgehead atoms. The molecule has 0 fully saturated rings. The number of rotatable bonds is 7. The lowest BCUT2D eigenvalue weighted by Gasteiger charge is -2.17. The van der Waals surface area contributed by atoms with E-state index in [1.54, 1.807) is 11.3 Å². The van der Waals surface area contributed by atoms with Gasteiger partial charge in [0, 0.05) is 6.42 Å². The minimum absolute atomic E-state index is 0.221. The van der Waals surface area contributed by atoms with Crippen molar-refractivity contribution >= 4 is 23.2 Å². The van der Waals surface area contributed by atoms with Gasteiger partial charge in [0.1, 0.15) is 5.82 Å². The lowest BCUT2D eigenvalue weighted by atomic mass is 10.0. The van der Waals surface area contributed by atoms with Crippen molar-refractivity contribution in [1.29, 1.82) is 0 Å². The smallest absolute Gasteiger partial charge is 0.305 e. The third kappa shape index (κ3) is 4.96. The average Bonchev–Trinajstić information content (AvgIpc) is 2.98. The molecule has 0 radical (unpaired) electrons. The van der Waals surface area contributed by atoms with Gasteiger partial charge in [0.15, 0.2) is 0 Å². The number of benzene rings is 1. The van der Waals surface area contributed by atoms with Gasteiger partial charge in [-0.05, 0) is 46.5 Å². The minimum atomic E-state index is -1.02. The molecule has 1 aromatic carbocycles. The van der Waals surface area contributed by atoms with E-state index in [4.69, 9.17) is 5.11 Å². The van der Waals surface area contributed by atoms with Crippen molar-refractivity contribution in [2.75, 3.05) is 0 Å². The highest BCUT2D eigenvalue weighted by Gasteiger charge is 2.18. The molecule has 2 aromatic rings. The molecule has 116 valence electrons. The maximum atomic E-state index is 13.0. The number of carboxylic acid groups (broad SMARTS) is 1. The normalized spacial score (nSPS) is 11.9. The van der Waals surface area contributed by atoms with Crippen LogP contribution in [0.5, 0.6) is 0 Å². The summed E-state index contributed by atoms with van der Waals surface area (Å²) in [6, 6.07) is 6.77. The van der Waals surface area contributed by atoms with Crippen LogP contribution in [0.3, 0.4) is 0 Å². The van der Waals surface area contributed by atoms with Crippen molar-refractivity contribution in [3.63, 3.8) is 0 Å². The summed E-state index contributed by atoms with van der Waals surface area (Å²) in [6.45, 7) is 0. The quantitative estimate of drug-likeness (QED) is 0.823. The molecule has 1 atom stereocenters. The molecule has 0 aliphatic heterocycles. The van der Waals surface area contributed by atoms with Gasteiger partial charge in [0.2, 0.25) is 5.91 Å². The molecule has 6 heteroatoms. The lowest BCUT2D eigenvalue weighted by molar-refractivity contribution is -0.137. The molecular weight excluding hydrogens is 305 g/mol. The monoisotopic (exact) mass is 321 g/mol. The Hall–Kier alpha value is -2.21. The van der Waals surface area contributed by atoms with Crippen molar-refractivity contribution < 1.29 is 19.1 Å². The van der Waals surface area contributed by atoms with Gasteiger partial charge in [-0.1, -0.05) is 12.1 Å². The predicted octanol–water partition coefficient (Wildman–Crippen LogP) is 3.15. The van der Waals surface area contributed by atoms with Crippen LogP contribution in [0, 0.1) is 5.82 Å². The van der Waals surface area contributed by atoms with Gasteiger partial charge in [0.25, 0.3) is 0 Å². The Kier molecular flexibility index (Phi) is 5.66. The SMILES string of the molecule is O=C(O)CC(NC(=O)CCc1ccsc1)c1ccc(F)cc1. The van der Waals surface area contributed by atoms with E-state index >= 15 is 0 Å². The second-order valence-electron chi connectivity index (χ2n) is 4.90. The maximum absolute atomic E-state index is 13.0. The number of carbonyl (C=O) groups excluding carboxylic acids is 1. The van der Waals surface area contributed by atoms with Crippen molar-refractivity contribution in [2.24, 2.45) is 0 Å². The van der Waals surface area contributed by atoms with Crippen molar-refractivity contribution in [1.82, 2.24) is 5.32 Å². The Morgan fingerprint density at radius 3 is 2.55 bits per heavy atom. The fraction of sp³-hybridized carbons (Fsp3) is 0.250. The molecule has 2 N–H and O–H groups in total. The molecule has 1 aromatic heterocycles. The van der Waals surface area contributed by atoms with E-state index in [9.17, 15) is 14.0 Å². The number of carbonyl (C=O) groups is 2.